The van der Waals surface area contributed by atoms with Crippen molar-refractivity contribution in [2.45, 2.75) is 43.0 Å². The second-order valence-corrected chi connectivity index (χ2v) is 8.34. The normalized spacial score (nSPS) is 12.8. The summed E-state index contributed by atoms with van der Waals surface area (Å²) in [7, 11) is 0.866. The lowest BCUT2D eigenvalue weighted by Crippen LogP contribution is -2.41. The zero-order valence-electron chi connectivity index (χ0n) is 15.9. The summed E-state index contributed by atoms with van der Waals surface area (Å²) >= 11 is 7.44. The van der Waals surface area contributed by atoms with Gasteiger partial charge in [-0.3, -0.25) is 9.36 Å². The standard InChI is InChI=1S/C19H19ClF4N2O2S/c1-5-11(6-10(2)3)29-15-8-14(13(21)7-12(15)20)26-17(27)9-16(19(22,23)24)25(4)18(26)28/h7-9,11H,2,5-6H2,1,3-4H3. The number of allylic oxidation sites excluding steroid dienone is 1. The van der Waals surface area contributed by atoms with Gasteiger partial charge in [0, 0.05) is 23.3 Å². The fourth-order valence-electron chi connectivity index (χ4n) is 2.74. The third-order valence-electron chi connectivity index (χ3n) is 4.18. The SMILES string of the molecule is C=C(C)CC(CC)Sc1cc(-n2c(=O)cc(C(F)(F)F)n(C)c2=O)c(F)cc1Cl. The smallest absolute Gasteiger partial charge is 0.292 e. The van der Waals surface area contributed by atoms with Gasteiger partial charge in [-0.2, -0.15) is 13.2 Å². The molecule has 1 atom stereocenters. The molecule has 29 heavy (non-hydrogen) atoms. The summed E-state index contributed by atoms with van der Waals surface area (Å²) in [6, 6.07) is 2.41. The molecule has 2 aromatic rings. The Balaban J connectivity index is 2.65. The lowest BCUT2D eigenvalue weighted by molar-refractivity contribution is -0.144. The van der Waals surface area contributed by atoms with Gasteiger partial charge in [-0.25, -0.2) is 13.8 Å². The van der Waals surface area contributed by atoms with E-state index in [1.165, 1.54) is 17.8 Å². The average molecular weight is 451 g/mol. The van der Waals surface area contributed by atoms with Crippen LogP contribution >= 0.6 is 23.4 Å². The molecule has 0 amide bonds. The molecular weight excluding hydrogens is 432 g/mol. The van der Waals surface area contributed by atoms with E-state index in [4.69, 9.17) is 11.6 Å². The van der Waals surface area contributed by atoms with Crippen LogP contribution in [-0.2, 0) is 13.2 Å². The van der Waals surface area contributed by atoms with Crippen molar-refractivity contribution >= 4 is 23.4 Å². The molecule has 0 aliphatic rings. The minimum atomic E-state index is -4.90. The zero-order valence-corrected chi connectivity index (χ0v) is 17.5. The van der Waals surface area contributed by atoms with Crippen molar-refractivity contribution in [1.29, 1.82) is 0 Å². The highest BCUT2D eigenvalue weighted by Gasteiger charge is 2.35. The molecular formula is C19H19ClF4N2O2S. The van der Waals surface area contributed by atoms with Crippen LogP contribution in [0.25, 0.3) is 5.69 Å². The van der Waals surface area contributed by atoms with Crippen LogP contribution < -0.4 is 11.2 Å². The molecule has 0 saturated heterocycles. The van der Waals surface area contributed by atoms with E-state index in [2.05, 4.69) is 6.58 Å². The van der Waals surface area contributed by atoms with Gasteiger partial charge in [0.05, 0.1) is 10.7 Å². The molecule has 1 aromatic carbocycles. The highest BCUT2D eigenvalue weighted by Crippen LogP contribution is 2.36. The summed E-state index contributed by atoms with van der Waals surface area (Å²) in [5.41, 5.74) is -3.53. The number of thioether (sulfide) groups is 1. The Morgan fingerprint density at radius 3 is 2.41 bits per heavy atom. The molecule has 10 heteroatoms. The molecule has 0 N–H and O–H groups in total. The summed E-state index contributed by atoms with van der Waals surface area (Å²) in [6.45, 7) is 7.68. The molecule has 2 rings (SSSR count). The first-order valence-corrected chi connectivity index (χ1v) is 9.83. The van der Waals surface area contributed by atoms with Crippen LogP contribution in [0.5, 0.6) is 0 Å². The van der Waals surface area contributed by atoms with Crippen LogP contribution in [0.4, 0.5) is 17.6 Å². The Labute approximate surface area is 173 Å². The van der Waals surface area contributed by atoms with Crippen LogP contribution in [0.1, 0.15) is 32.4 Å². The topological polar surface area (TPSA) is 44.0 Å². The summed E-state index contributed by atoms with van der Waals surface area (Å²) in [5, 5.41) is 0.142. The van der Waals surface area contributed by atoms with Crippen molar-refractivity contribution in [2.75, 3.05) is 0 Å². The fraction of sp³-hybridized carbons (Fsp3) is 0.368. The molecule has 1 heterocycles. The van der Waals surface area contributed by atoms with Gasteiger partial charge in [0.2, 0.25) is 0 Å². The maximum Gasteiger partial charge on any atom is 0.431 e. The second-order valence-electron chi connectivity index (χ2n) is 6.59. The molecule has 158 valence electrons. The summed E-state index contributed by atoms with van der Waals surface area (Å²) in [6.07, 6.45) is -3.47. The van der Waals surface area contributed by atoms with Gasteiger partial charge in [-0.05, 0) is 31.9 Å². The van der Waals surface area contributed by atoms with Crippen LogP contribution in [0.15, 0.2) is 44.8 Å². The highest BCUT2D eigenvalue weighted by molar-refractivity contribution is 8.00. The molecule has 0 aliphatic heterocycles. The number of nitrogens with zero attached hydrogens (tertiary/aromatic N) is 2. The number of aromatic nitrogens is 2. The number of alkyl halides is 3. The van der Waals surface area contributed by atoms with Crippen molar-refractivity contribution < 1.29 is 17.6 Å². The molecule has 1 aromatic heterocycles. The van der Waals surface area contributed by atoms with Crippen molar-refractivity contribution in [2.24, 2.45) is 7.05 Å². The third kappa shape index (κ3) is 5.14. The summed E-state index contributed by atoms with van der Waals surface area (Å²) < 4.78 is 54.2. The maximum absolute atomic E-state index is 14.5. The van der Waals surface area contributed by atoms with Gasteiger partial charge in [0.25, 0.3) is 5.56 Å². The number of hydrogen-bond acceptors (Lipinski definition) is 3. The van der Waals surface area contributed by atoms with Crippen molar-refractivity contribution in [3.05, 3.63) is 67.7 Å². The van der Waals surface area contributed by atoms with Crippen molar-refractivity contribution in [1.82, 2.24) is 9.13 Å². The highest BCUT2D eigenvalue weighted by atomic mass is 35.5. The predicted molar refractivity (Wildman–Crippen MR) is 107 cm³/mol. The summed E-state index contributed by atoms with van der Waals surface area (Å²) in [5.74, 6) is -0.994. The van der Waals surface area contributed by atoms with E-state index in [0.29, 0.717) is 15.9 Å². The van der Waals surface area contributed by atoms with Crippen molar-refractivity contribution in [3.63, 3.8) is 0 Å². The molecule has 0 saturated carbocycles. The van der Waals surface area contributed by atoms with Gasteiger partial charge in [0.15, 0.2) is 0 Å². The third-order valence-corrected chi connectivity index (χ3v) is 6.03. The zero-order chi connectivity index (χ0) is 22.1. The summed E-state index contributed by atoms with van der Waals surface area (Å²) in [4.78, 5) is 25.1. The van der Waals surface area contributed by atoms with Gasteiger partial charge in [-0.1, -0.05) is 24.1 Å². The second kappa shape index (κ2) is 8.79. The lowest BCUT2D eigenvalue weighted by Gasteiger charge is -2.18. The molecule has 0 radical (unpaired) electrons. The van der Waals surface area contributed by atoms with E-state index < -0.39 is 34.6 Å². The van der Waals surface area contributed by atoms with Gasteiger partial charge >= 0.3 is 11.9 Å². The van der Waals surface area contributed by atoms with E-state index in [0.717, 1.165) is 25.1 Å². The van der Waals surface area contributed by atoms with Crippen LogP contribution in [0, 0.1) is 5.82 Å². The molecule has 4 nitrogen and oxygen atoms in total. The van der Waals surface area contributed by atoms with E-state index >= 15 is 0 Å². The predicted octanol–water partition coefficient (Wildman–Crippen LogP) is 5.18. The fourth-order valence-corrected chi connectivity index (χ4v) is 4.27. The largest absolute Gasteiger partial charge is 0.431 e. The Kier molecular flexibility index (Phi) is 7.06. The number of rotatable bonds is 6. The Hall–Kier alpha value is -2.00. The minimum Gasteiger partial charge on any atom is -0.292 e. The number of benzene rings is 1. The first kappa shape index (κ1) is 23.3. The maximum atomic E-state index is 14.5. The van der Waals surface area contributed by atoms with E-state index in [1.807, 2.05) is 13.8 Å². The number of halogens is 5. The van der Waals surface area contributed by atoms with Crippen molar-refractivity contribution in [3.8, 4) is 5.69 Å². The van der Waals surface area contributed by atoms with Gasteiger partial charge in [0.1, 0.15) is 11.5 Å². The van der Waals surface area contributed by atoms with Gasteiger partial charge in [-0.15, -0.1) is 18.3 Å². The number of hydrogen-bond donors (Lipinski definition) is 0. The van der Waals surface area contributed by atoms with E-state index in [-0.39, 0.29) is 20.9 Å². The van der Waals surface area contributed by atoms with Crippen LogP contribution in [0.2, 0.25) is 5.02 Å². The Morgan fingerprint density at radius 1 is 1.28 bits per heavy atom. The van der Waals surface area contributed by atoms with Crippen LogP contribution in [-0.4, -0.2) is 14.4 Å². The molecule has 1 unspecified atom stereocenters. The Bertz CT molecular complexity index is 1060. The lowest BCUT2D eigenvalue weighted by atomic mass is 10.1. The van der Waals surface area contributed by atoms with Crippen LogP contribution in [0.3, 0.4) is 0 Å². The monoisotopic (exact) mass is 450 g/mol. The quantitative estimate of drug-likeness (QED) is 0.346. The molecule has 0 aliphatic carbocycles. The first-order valence-electron chi connectivity index (χ1n) is 8.57. The Morgan fingerprint density at radius 2 is 1.90 bits per heavy atom. The molecule has 0 bridgehead atoms. The average Bonchev–Trinajstić information content (AvgIpc) is 2.59. The van der Waals surface area contributed by atoms with Gasteiger partial charge < -0.3 is 0 Å². The molecule has 0 fully saturated rings. The van der Waals surface area contributed by atoms with E-state index in [9.17, 15) is 27.2 Å². The van der Waals surface area contributed by atoms with E-state index in [1.54, 1.807) is 0 Å². The first-order chi connectivity index (χ1) is 13.4. The molecule has 0 spiro atoms. The minimum absolute atomic E-state index is 0.0653.